The zero-order valence-corrected chi connectivity index (χ0v) is 22.9. The first-order valence-electron chi connectivity index (χ1n) is 11.6. The third-order valence-corrected chi connectivity index (χ3v) is 7.02. The molecule has 2 heterocycles. The minimum absolute atomic E-state index is 0.0106. The first-order chi connectivity index (χ1) is 19.3. The molecule has 0 saturated heterocycles. The van der Waals surface area contributed by atoms with Crippen molar-refractivity contribution in [3.63, 3.8) is 0 Å². The number of anilines is 1. The molecule has 0 radical (unpaired) electrons. The maximum absolute atomic E-state index is 12.9. The van der Waals surface area contributed by atoms with Gasteiger partial charge in [-0.1, -0.05) is 23.4 Å². The van der Waals surface area contributed by atoms with Crippen LogP contribution in [0, 0.1) is 10.1 Å². The summed E-state index contributed by atoms with van der Waals surface area (Å²) in [5.41, 5.74) is 1.97. The van der Waals surface area contributed by atoms with Crippen molar-refractivity contribution in [3.8, 4) is 28.6 Å². The van der Waals surface area contributed by atoms with Crippen LogP contribution in [0.4, 0.5) is 11.4 Å². The molecule has 0 fully saturated rings. The van der Waals surface area contributed by atoms with E-state index in [-0.39, 0.29) is 17.3 Å². The highest BCUT2D eigenvalue weighted by atomic mass is 35.5. The molecule has 204 valence electrons. The minimum atomic E-state index is -0.475. The van der Waals surface area contributed by atoms with E-state index in [1.54, 1.807) is 42.5 Å². The lowest BCUT2D eigenvalue weighted by Crippen LogP contribution is -2.15. The number of nitro groups is 1. The molecule has 1 amide bonds. The number of aromatic nitrogens is 4. The zero-order valence-electron chi connectivity index (χ0n) is 21.4. The van der Waals surface area contributed by atoms with Crippen molar-refractivity contribution in [1.82, 2.24) is 19.6 Å². The van der Waals surface area contributed by atoms with E-state index in [0.29, 0.717) is 61.1 Å². The van der Waals surface area contributed by atoms with Crippen LogP contribution in [0.3, 0.4) is 0 Å². The standard InChI is InChI=1S/C26H21ClN6O6S/c1-37-20-9-6-15(27)10-19(20)28-23(34)13-40-26-29-18-12-22(39-3)21(38-2)11-17(18)25-30-24(31-32(25)26)14-4-7-16(8-5-14)33(35)36/h4-12H,13H2,1-3H3,(H,28,34). The Bertz CT molecular complexity index is 1760. The number of nitrogens with zero attached hydrogens (tertiary/aromatic N) is 5. The number of hydrogen-bond donors (Lipinski definition) is 1. The Labute approximate surface area is 236 Å². The molecule has 5 rings (SSSR count). The number of hydrogen-bond acceptors (Lipinski definition) is 10. The minimum Gasteiger partial charge on any atom is -0.495 e. The number of benzene rings is 3. The largest absolute Gasteiger partial charge is 0.495 e. The summed E-state index contributed by atoms with van der Waals surface area (Å²) in [4.78, 5) is 32.9. The van der Waals surface area contributed by atoms with Crippen LogP contribution >= 0.6 is 23.4 Å². The van der Waals surface area contributed by atoms with Gasteiger partial charge >= 0.3 is 0 Å². The predicted octanol–water partition coefficient (Wildman–Crippen LogP) is 5.26. The molecule has 1 N–H and O–H groups in total. The smallest absolute Gasteiger partial charge is 0.269 e. The second-order valence-electron chi connectivity index (χ2n) is 8.27. The molecule has 0 aliphatic rings. The number of fused-ring (bicyclic) bond motifs is 3. The van der Waals surface area contributed by atoms with Gasteiger partial charge in [0, 0.05) is 34.2 Å². The van der Waals surface area contributed by atoms with E-state index in [1.807, 2.05) is 0 Å². The SMILES string of the molecule is COc1ccc(Cl)cc1NC(=O)CSc1nc2cc(OC)c(OC)cc2c2nc(-c3ccc([N+](=O)[O-])cc3)nn12. The summed E-state index contributed by atoms with van der Waals surface area (Å²) in [5, 5.41) is 20.0. The highest BCUT2D eigenvalue weighted by molar-refractivity contribution is 7.99. The van der Waals surface area contributed by atoms with Crippen molar-refractivity contribution in [2.75, 3.05) is 32.4 Å². The normalized spacial score (nSPS) is 11.0. The number of halogens is 1. The number of nitrogens with one attached hydrogen (secondary N) is 1. The molecule has 40 heavy (non-hydrogen) atoms. The number of thioether (sulfide) groups is 1. The lowest BCUT2D eigenvalue weighted by molar-refractivity contribution is -0.384. The molecular weight excluding hydrogens is 560 g/mol. The first-order valence-corrected chi connectivity index (χ1v) is 13.0. The summed E-state index contributed by atoms with van der Waals surface area (Å²) in [6, 6.07) is 14.3. The number of carbonyl (C=O) groups excluding carboxylic acids is 1. The van der Waals surface area contributed by atoms with E-state index in [2.05, 4.69) is 10.4 Å². The molecule has 3 aromatic carbocycles. The van der Waals surface area contributed by atoms with Crippen LogP contribution in [0.2, 0.25) is 5.02 Å². The Kier molecular flexibility index (Phi) is 7.58. The Morgan fingerprint density at radius 1 is 1.00 bits per heavy atom. The number of ether oxygens (including phenoxy) is 3. The van der Waals surface area contributed by atoms with Crippen molar-refractivity contribution in [3.05, 3.63) is 69.7 Å². The number of non-ortho nitro benzene ring substituents is 1. The highest BCUT2D eigenvalue weighted by Crippen LogP contribution is 2.35. The van der Waals surface area contributed by atoms with Gasteiger partial charge in [-0.15, -0.1) is 5.10 Å². The number of amides is 1. The highest BCUT2D eigenvalue weighted by Gasteiger charge is 2.19. The van der Waals surface area contributed by atoms with Crippen LogP contribution < -0.4 is 19.5 Å². The number of methoxy groups -OCH3 is 3. The van der Waals surface area contributed by atoms with Crippen LogP contribution in [0.1, 0.15) is 0 Å². The summed E-state index contributed by atoms with van der Waals surface area (Å²) in [7, 11) is 4.55. The van der Waals surface area contributed by atoms with E-state index >= 15 is 0 Å². The van der Waals surface area contributed by atoms with Crippen LogP contribution in [-0.4, -0.2) is 57.5 Å². The predicted molar refractivity (Wildman–Crippen MR) is 151 cm³/mol. The summed E-state index contributed by atoms with van der Waals surface area (Å²) >= 11 is 7.23. The lowest BCUT2D eigenvalue weighted by atomic mass is 10.2. The Hall–Kier alpha value is -4.62. The third kappa shape index (κ3) is 5.28. The number of carbonyl (C=O) groups is 1. The summed E-state index contributed by atoms with van der Waals surface area (Å²) < 4.78 is 17.7. The van der Waals surface area contributed by atoms with E-state index in [0.717, 1.165) is 11.8 Å². The van der Waals surface area contributed by atoms with Crippen molar-refractivity contribution in [1.29, 1.82) is 0 Å². The van der Waals surface area contributed by atoms with Gasteiger partial charge in [0.2, 0.25) is 5.91 Å². The fourth-order valence-corrected chi connectivity index (χ4v) is 4.87. The molecule has 0 unspecified atom stereocenters. The molecule has 0 bridgehead atoms. The quantitative estimate of drug-likeness (QED) is 0.106. The second kappa shape index (κ2) is 11.2. The van der Waals surface area contributed by atoms with E-state index < -0.39 is 4.92 Å². The van der Waals surface area contributed by atoms with Crippen molar-refractivity contribution in [2.45, 2.75) is 5.16 Å². The summed E-state index contributed by atoms with van der Waals surface area (Å²) in [6.07, 6.45) is 0. The fourth-order valence-electron chi connectivity index (χ4n) is 3.95. The van der Waals surface area contributed by atoms with Gasteiger partial charge < -0.3 is 19.5 Å². The van der Waals surface area contributed by atoms with Gasteiger partial charge in [-0.05, 0) is 36.4 Å². The lowest BCUT2D eigenvalue weighted by Gasteiger charge is -2.12. The summed E-state index contributed by atoms with van der Waals surface area (Å²) in [5.74, 6) is 1.43. The molecule has 0 aliphatic carbocycles. The van der Waals surface area contributed by atoms with Crippen LogP contribution in [0.25, 0.3) is 27.9 Å². The van der Waals surface area contributed by atoms with Gasteiger partial charge in [-0.3, -0.25) is 14.9 Å². The van der Waals surface area contributed by atoms with Crippen molar-refractivity contribution >= 4 is 57.2 Å². The number of rotatable bonds is 9. The average molecular weight is 581 g/mol. The molecule has 0 atom stereocenters. The van der Waals surface area contributed by atoms with E-state index in [4.69, 9.17) is 35.8 Å². The van der Waals surface area contributed by atoms with Crippen molar-refractivity contribution < 1.29 is 23.9 Å². The Balaban J connectivity index is 1.54. The van der Waals surface area contributed by atoms with Gasteiger partial charge in [-0.25, -0.2) is 9.97 Å². The molecule has 12 nitrogen and oxygen atoms in total. The van der Waals surface area contributed by atoms with Gasteiger partial charge in [0.15, 0.2) is 28.1 Å². The molecule has 0 saturated carbocycles. The van der Waals surface area contributed by atoms with Crippen LogP contribution in [0.15, 0.2) is 59.8 Å². The van der Waals surface area contributed by atoms with Gasteiger partial charge in [0.05, 0.1) is 43.2 Å². The Morgan fingerprint density at radius 3 is 2.38 bits per heavy atom. The maximum atomic E-state index is 12.9. The van der Waals surface area contributed by atoms with Crippen LogP contribution in [0.5, 0.6) is 17.2 Å². The van der Waals surface area contributed by atoms with Gasteiger partial charge in [-0.2, -0.15) is 4.52 Å². The monoisotopic (exact) mass is 580 g/mol. The average Bonchev–Trinajstić information content (AvgIpc) is 3.41. The topological polar surface area (TPSA) is 143 Å². The van der Waals surface area contributed by atoms with Crippen LogP contribution in [-0.2, 0) is 4.79 Å². The fraction of sp³-hybridized carbons (Fsp3) is 0.154. The van der Waals surface area contributed by atoms with E-state index in [1.165, 1.54) is 38.0 Å². The molecule has 0 aliphatic heterocycles. The molecular formula is C26H21ClN6O6S. The first kappa shape index (κ1) is 27.0. The van der Waals surface area contributed by atoms with Gasteiger partial charge in [0.1, 0.15) is 5.75 Å². The molecule has 2 aromatic heterocycles. The Morgan fingerprint density at radius 2 is 1.70 bits per heavy atom. The van der Waals surface area contributed by atoms with E-state index in [9.17, 15) is 14.9 Å². The molecule has 14 heteroatoms. The molecule has 0 spiro atoms. The maximum Gasteiger partial charge on any atom is 0.269 e. The second-order valence-corrected chi connectivity index (χ2v) is 9.65. The zero-order chi connectivity index (χ0) is 28.4. The van der Waals surface area contributed by atoms with Gasteiger partial charge in [0.25, 0.3) is 5.69 Å². The number of nitro benzene ring substituents is 1. The summed E-state index contributed by atoms with van der Waals surface area (Å²) in [6.45, 7) is 0. The molecule has 5 aromatic rings. The third-order valence-electron chi connectivity index (χ3n) is 5.85. The van der Waals surface area contributed by atoms with Crippen molar-refractivity contribution in [2.24, 2.45) is 0 Å².